The van der Waals surface area contributed by atoms with Gasteiger partial charge in [0, 0.05) is 5.69 Å². The molecule has 2 rings (SSSR count). The van der Waals surface area contributed by atoms with E-state index in [9.17, 15) is 8.42 Å². The van der Waals surface area contributed by atoms with Crippen molar-refractivity contribution >= 4 is 45.0 Å². The predicted molar refractivity (Wildman–Crippen MR) is 74.1 cm³/mol. The fraction of sp³-hybridized carbons (Fsp3) is 0.100. The Labute approximate surface area is 124 Å². The molecule has 0 fully saturated rings. The summed E-state index contributed by atoms with van der Waals surface area (Å²) < 4.78 is 31.2. The summed E-state index contributed by atoms with van der Waals surface area (Å²) in [6, 6.07) is 4.05. The van der Waals surface area contributed by atoms with Gasteiger partial charge in [-0.15, -0.1) is 0 Å². The zero-order chi connectivity index (χ0) is 14.9. The minimum atomic E-state index is -4.30. The van der Waals surface area contributed by atoms with E-state index in [-0.39, 0.29) is 21.4 Å². The molecule has 0 amide bonds. The standard InChI is InChI=1S/C10H8Cl2N4O3S/c1-5-2-3-6(20(17,18)19)4-7(5)13-10-15-8(11)14-9(12)16-10/h2-4H,1H3,(H,17,18,19)(H,13,14,15,16). The molecule has 0 spiro atoms. The number of nitrogens with zero attached hydrogens (tertiary/aromatic N) is 3. The van der Waals surface area contributed by atoms with E-state index in [0.717, 1.165) is 0 Å². The molecule has 0 aliphatic heterocycles. The second-order valence-corrected chi connectivity index (χ2v) is 5.87. The fourth-order valence-corrected chi connectivity index (χ4v) is 2.27. The highest BCUT2D eigenvalue weighted by atomic mass is 35.5. The smallest absolute Gasteiger partial charge is 0.294 e. The maximum atomic E-state index is 11.1. The van der Waals surface area contributed by atoms with Gasteiger partial charge in [0.2, 0.25) is 16.5 Å². The molecule has 1 aromatic carbocycles. The lowest BCUT2D eigenvalue weighted by molar-refractivity contribution is 0.483. The van der Waals surface area contributed by atoms with Gasteiger partial charge in [0.15, 0.2) is 0 Å². The molecule has 0 aliphatic carbocycles. The van der Waals surface area contributed by atoms with E-state index < -0.39 is 10.1 Å². The fourth-order valence-electron chi connectivity index (χ4n) is 1.40. The molecule has 10 heteroatoms. The highest BCUT2D eigenvalue weighted by Gasteiger charge is 2.12. The molecule has 0 saturated heterocycles. The third kappa shape index (κ3) is 3.54. The molecule has 0 unspecified atom stereocenters. The third-order valence-electron chi connectivity index (χ3n) is 2.33. The zero-order valence-corrected chi connectivity index (χ0v) is 12.3. The summed E-state index contributed by atoms with van der Waals surface area (Å²) in [5, 5.41) is 2.56. The molecule has 2 aromatic rings. The summed E-state index contributed by atoms with van der Waals surface area (Å²) in [6.07, 6.45) is 0. The van der Waals surface area contributed by atoms with Crippen LogP contribution in [0.3, 0.4) is 0 Å². The molecular weight excluding hydrogens is 327 g/mol. The van der Waals surface area contributed by atoms with Crippen LogP contribution in [0.2, 0.25) is 10.6 Å². The molecule has 0 atom stereocenters. The van der Waals surface area contributed by atoms with Crippen LogP contribution in [0.5, 0.6) is 0 Å². The van der Waals surface area contributed by atoms with Crippen LogP contribution in [0.25, 0.3) is 0 Å². The van der Waals surface area contributed by atoms with E-state index in [1.165, 1.54) is 18.2 Å². The van der Waals surface area contributed by atoms with Crippen LogP contribution < -0.4 is 5.32 Å². The molecule has 0 bridgehead atoms. The Morgan fingerprint density at radius 2 is 1.75 bits per heavy atom. The number of rotatable bonds is 3. The van der Waals surface area contributed by atoms with Gasteiger partial charge in [-0.1, -0.05) is 6.07 Å². The van der Waals surface area contributed by atoms with Crippen molar-refractivity contribution in [2.24, 2.45) is 0 Å². The van der Waals surface area contributed by atoms with E-state index >= 15 is 0 Å². The predicted octanol–water partition coefficient (Wildman–Crippen LogP) is 2.48. The van der Waals surface area contributed by atoms with Crippen molar-refractivity contribution in [2.45, 2.75) is 11.8 Å². The minimum absolute atomic E-state index is 0.0607. The highest BCUT2D eigenvalue weighted by Crippen LogP contribution is 2.23. The molecular formula is C10H8Cl2N4O3S. The first-order valence-electron chi connectivity index (χ1n) is 5.18. The lowest BCUT2D eigenvalue weighted by Crippen LogP contribution is -2.03. The number of hydrogen-bond acceptors (Lipinski definition) is 6. The Morgan fingerprint density at radius 3 is 2.30 bits per heavy atom. The summed E-state index contributed by atoms with van der Waals surface area (Å²) in [5.74, 6) is 0.0607. The number of nitrogens with one attached hydrogen (secondary N) is 1. The monoisotopic (exact) mass is 334 g/mol. The molecule has 2 N–H and O–H groups in total. The van der Waals surface area contributed by atoms with Crippen molar-refractivity contribution in [3.05, 3.63) is 34.3 Å². The highest BCUT2D eigenvalue weighted by molar-refractivity contribution is 7.85. The Morgan fingerprint density at radius 1 is 1.15 bits per heavy atom. The largest absolute Gasteiger partial charge is 0.324 e. The third-order valence-corrected chi connectivity index (χ3v) is 3.52. The van der Waals surface area contributed by atoms with E-state index in [4.69, 9.17) is 27.8 Å². The Balaban J connectivity index is 2.42. The van der Waals surface area contributed by atoms with Crippen LogP contribution in [-0.2, 0) is 10.1 Å². The van der Waals surface area contributed by atoms with Gasteiger partial charge in [-0.25, -0.2) is 0 Å². The molecule has 0 radical (unpaired) electrons. The summed E-state index contributed by atoms with van der Waals surface area (Å²) in [6.45, 7) is 1.74. The summed E-state index contributed by atoms with van der Waals surface area (Å²) >= 11 is 11.3. The summed E-state index contributed by atoms with van der Waals surface area (Å²) in [7, 11) is -4.30. The second-order valence-electron chi connectivity index (χ2n) is 3.77. The van der Waals surface area contributed by atoms with Crippen molar-refractivity contribution in [3.8, 4) is 0 Å². The van der Waals surface area contributed by atoms with Crippen molar-refractivity contribution < 1.29 is 13.0 Å². The maximum Gasteiger partial charge on any atom is 0.294 e. The number of anilines is 2. The van der Waals surface area contributed by atoms with Crippen LogP contribution in [-0.4, -0.2) is 27.9 Å². The Hall–Kier alpha value is -1.48. The number of benzene rings is 1. The number of aryl methyl sites for hydroxylation is 1. The maximum absolute atomic E-state index is 11.1. The second kappa shape index (κ2) is 5.49. The first-order chi connectivity index (χ1) is 9.25. The molecule has 7 nitrogen and oxygen atoms in total. The average Bonchev–Trinajstić information content (AvgIpc) is 2.29. The van der Waals surface area contributed by atoms with Crippen molar-refractivity contribution in [2.75, 3.05) is 5.32 Å². The van der Waals surface area contributed by atoms with E-state index in [1.54, 1.807) is 6.92 Å². The van der Waals surface area contributed by atoms with E-state index in [2.05, 4.69) is 20.3 Å². The SMILES string of the molecule is Cc1ccc(S(=O)(=O)O)cc1Nc1nc(Cl)nc(Cl)n1. The Kier molecular flexibility index (Phi) is 4.09. The Bertz CT molecular complexity index is 747. The van der Waals surface area contributed by atoms with Crippen molar-refractivity contribution in [1.82, 2.24) is 15.0 Å². The van der Waals surface area contributed by atoms with Gasteiger partial charge in [0.1, 0.15) is 0 Å². The summed E-state index contributed by atoms with van der Waals surface area (Å²) in [5.41, 5.74) is 1.10. The molecule has 0 aliphatic rings. The first kappa shape index (κ1) is 14.9. The number of aromatic nitrogens is 3. The normalized spacial score (nSPS) is 11.4. The lowest BCUT2D eigenvalue weighted by atomic mass is 10.2. The van der Waals surface area contributed by atoms with Gasteiger partial charge in [-0.05, 0) is 47.8 Å². The van der Waals surface area contributed by atoms with E-state index in [1.807, 2.05) is 0 Å². The van der Waals surface area contributed by atoms with Crippen LogP contribution in [0.1, 0.15) is 5.56 Å². The van der Waals surface area contributed by atoms with Gasteiger partial charge < -0.3 is 5.32 Å². The average molecular weight is 335 g/mol. The quantitative estimate of drug-likeness (QED) is 0.830. The van der Waals surface area contributed by atoms with Gasteiger partial charge in [0.25, 0.3) is 10.1 Å². The molecule has 106 valence electrons. The minimum Gasteiger partial charge on any atom is -0.324 e. The first-order valence-corrected chi connectivity index (χ1v) is 7.37. The van der Waals surface area contributed by atoms with Crippen LogP contribution in [0.4, 0.5) is 11.6 Å². The van der Waals surface area contributed by atoms with Crippen molar-refractivity contribution in [3.63, 3.8) is 0 Å². The van der Waals surface area contributed by atoms with Gasteiger partial charge in [0.05, 0.1) is 4.90 Å². The molecule has 0 saturated carbocycles. The molecule has 20 heavy (non-hydrogen) atoms. The molecule has 1 heterocycles. The molecule has 1 aromatic heterocycles. The van der Waals surface area contributed by atoms with Gasteiger partial charge in [-0.3, -0.25) is 4.55 Å². The topological polar surface area (TPSA) is 105 Å². The van der Waals surface area contributed by atoms with Crippen molar-refractivity contribution in [1.29, 1.82) is 0 Å². The number of hydrogen-bond donors (Lipinski definition) is 2. The zero-order valence-electron chi connectivity index (χ0n) is 10.0. The van der Waals surface area contributed by atoms with Gasteiger partial charge >= 0.3 is 0 Å². The van der Waals surface area contributed by atoms with E-state index in [0.29, 0.717) is 11.3 Å². The van der Waals surface area contributed by atoms with Crippen LogP contribution in [0, 0.1) is 6.92 Å². The van der Waals surface area contributed by atoms with Gasteiger partial charge in [-0.2, -0.15) is 23.4 Å². The van der Waals surface area contributed by atoms with Crippen LogP contribution >= 0.6 is 23.2 Å². The number of halogens is 2. The lowest BCUT2D eigenvalue weighted by Gasteiger charge is -2.09. The van der Waals surface area contributed by atoms with Crippen LogP contribution in [0.15, 0.2) is 23.1 Å². The summed E-state index contributed by atoms with van der Waals surface area (Å²) in [4.78, 5) is 10.9.